The van der Waals surface area contributed by atoms with E-state index in [1.807, 2.05) is 17.0 Å². The van der Waals surface area contributed by atoms with Gasteiger partial charge < -0.3 is 14.8 Å². The zero-order valence-electron chi connectivity index (χ0n) is 13.4. The molecule has 0 bridgehead atoms. The van der Waals surface area contributed by atoms with Crippen LogP contribution in [0.2, 0.25) is 0 Å². The van der Waals surface area contributed by atoms with E-state index >= 15 is 0 Å². The molecule has 0 saturated carbocycles. The van der Waals surface area contributed by atoms with E-state index in [1.54, 1.807) is 12.4 Å². The van der Waals surface area contributed by atoms with Crippen molar-refractivity contribution in [3.05, 3.63) is 52.8 Å². The van der Waals surface area contributed by atoms with Crippen molar-refractivity contribution in [2.75, 3.05) is 49.1 Å². The molecule has 2 aliphatic heterocycles. The van der Waals surface area contributed by atoms with Crippen LogP contribution < -0.4 is 15.4 Å². The van der Waals surface area contributed by atoms with Gasteiger partial charge in [0.25, 0.3) is 5.56 Å². The highest BCUT2D eigenvalue weighted by molar-refractivity contribution is 5.47. The lowest BCUT2D eigenvalue weighted by molar-refractivity contribution is 0.156. The smallest absolute Gasteiger partial charge is 0.290 e. The van der Waals surface area contributed by atoms with E-state index in [9.17, 15) is 9.18 Å². The zero-order chi connectivity index (χ0) is 16.5. The molecule has 2 saturated heterocycles. The van der Waals surface area contributed by atoms with Crippen LogP contribution in [-0.4, -0.2) is 60.2 Å². The molecule has 0 atom stereocenters. The number of piperazine rings is 1. The predicted octanol–water partition coefficient (Wildman–Crippen LogP) is 0.920. The Morgan fingerprint density at radius 2 is 1.75 bits per heavy atom. The molecule has 3 heterocycles. The number of aromatic nitrogens is 2. The minimum Gasteiger partial charge on any atom is -0.369 e. The largest absolute Gasteiger partial charge is 0.369 e. The van der Waals surface area contributed by atoms with Crippen molar-refractivity contribution in [3.63, 3.8) is 0 Å². The van der Waals surface area contributed by atoms with Crippen LogP contribution in [0.1, 0.15) is 0 Å². The molecule has 2 fully saturated rings. The highest BCUT2D eigenvalue weighted by Crippen LogP contribution is 2.22. The zero-order valence-corrected chi connectivity index (χ0v) is 13.4. The SMILES string of the molecule is O=c1[nH]ccnc1N1CC(N2CCN(c3ccc(F)cc3)CC2)C1. The van der Waals surface area contributed by atoms with Crippen molar-refractivity contribution in [3.8, 4) is 0 Å². The minimum absolute atomic E-state index is 0.128. The number of hydrogen-bond acceptors (Lipinski definition) is 5. The summed E-state index contributed by atoms with van der Waals surface area (Å²) in [4.78, 5) is 25.4. The summed E-state index contributed by atoms with van der Waals surface area (Å²) < 4.78 is 13.0. The third-order valence-corrected chi connectivity index (χ3v) is 4.87. The molecule has 1 aromatic heterocycles. The molecule has 0 radical (unpaired) electrons. The van der Waals surface area contributed by atoms with Crippen LogP contribution in [0.15, 0.2) is 41.5 Å². The Balaban J connectivity index is 1.31. The van der Waals surface area contributed by atoms with E-state index in [-0.39, 0.29) is 11.4 Å². The van der Waals surface area contributed by atoms with Gasteiger partial charge in [-0.15, -0.1) is 0 Å². The Hall–Kier alpha value is -2.41. The van der Waals surface area contributed by atoms with Crippen molar-refractivity contribution < 1.29 is 4.39 Å². The number of aromatic amines is 1. The van der Waals surface area contributed by atoms with Gasteiger partial charge in [0.15, 0.2) is 5.82 Å². The molecule has 126 valence electrons. The van der Waals surface area contributed by atoms with Crippen LogP contribution in [-0.2, 0) is 0 Å². The van der Waals surface area contributed by atoms with Gasteiger partial charge in [-0.3, -0.25) is 9.69 Å². The van der Waals surface area contributed by atoms with Gasteiger partial charge in [-0.2, -0.15) is 0 Å². The highest BCUT2D eigenvalue weighted by Gasteiger charge is 2.35. The number of hydrogen-bond donors (Lipinski definition) is 1. The average molecular weight is 329 g/mol. The monoisotopic (exact) mass is 329 g/mol. The first-order valence-corrected chi connectivity index (χ1v) is 8.24. The first kappa shape index (κ1) is 15.1. The molecule has 0 spiro atoms. The molecule has 6 nitrogen and oxygen atoms in total. The number of H-pyrrole nitrogens is 1. The lowest BCUT2D eigenvalue weighted by Gasteiger charge is -2.48. The molecule has 7 heteroatoms. The van der Waals surface area contributed by atoms with Crippen LogP contribution in [0.4, 0.5) is 15.9 Å². The van der Waals surface area contributed by atoms with Crippen molar-refractivity contribution in [2.24, 2.45) is 0 Å². The second-order valence-corrected chi connectivity index (χ2v) is 6.30. The van der Waals surface area contributed by atoms with Crippen molar-refractivity contribution in [1.29, 1.82) is 0 Å². The van der Waals surface area contributed by atoms with Gasteiger partial charge in [-0.1, -0.05) is 0 Å². The van der Waals surface area contributed by atoms with Gasteiger partial charge in [-0.05, 0) is 24.3 Å². The average Bonchev–Trinajstić information content (AvgIpc) is 2.57. The summed E-state index contributed by atoms with van der Waals surface area (Å²) in [5.74, 6) is 0.315. The number of benzene rings is 1. The van der Waals surface area contributed by atoms with Crippen molar-refractivity contribution >= 4 is 11.5 Å². The summed E-state index contributed by atoms with van der Waals surface area (Å²) >= 11 is 0. The second-order valence-electron chi connectivity index (χ2n) is 6.30. The second kappa shape index (κ2) is 6.24. The molecule has 4 rings (SSSR count). The fraction of sp³-hybridized carbons (Fsp3) is 0.412. The predicted molar refractivity (Wildman–Crippen MR) is 91.0 cm³/mol. The standard InChI is InChI=1S/C17H20FN5O/c18-13-1-3-14(4-2-13)21-7-9-22(10-8-21)15-11-23(12-15)16-17(24)20-6-5-19-16/h1-6,15H,7-12H2,(H,20,24). The van der Waals surface area contributed by atoms with Crippen molar-refractivity contribution in [1.82, 2.24) is 14.9 Å². The van der Waals surface area contributed by atoms with Crippen LogP contribution in [0.5, 0.6) is 0 Å². The molecule has 24 heavy (non-hydrogen) atoms. The Morgan fingerprint density at radius 1 is 1.04 bits per heavy atom. The number of nitrogens with zero attached hydrogens (tertiary/aromatic N) is 4. The Labute approximate surface area is 139 Å². The van der Waals surface area contributed by atoms with E-state index in [1.165, 1.54) is 12.1 Å². The Kier molecular flexibility index (Phi) is 3.93. The Bertz CT molecular complexity index is 748. The van der Waals surface area contributed by atoms with Gasteiger partial charge >= 0.3 is 0 Å². The van der Waals surface area contributed by atoms with E-state index in [4.69, 9.17) is 0 Å². The highest BCUT2D eigenvalue weighted by atomic mass is 19.1. The molecule has 0 unspecified atom stereocenters. The van der Waals surface area contributed by atoms with Gasteiger partial charge in [-0.25, -0.2) is 9.37 Å². The fourth-order valence-corrected chi connectivity index (χ4v) is 3.43. The topological polar surface area (TPSA) is 55.5 Å². The van der Waals surface area contributed by atoms with Crippen LogP contribution in [0.3, 0.4) is 0 Å². The number of nitrogens with one attached hydrogen (secondary N) is 1. The van der Waals surface area contributed by atoms with E-state index in [2.05, 4.69) is 19.8 Å². The van der Waals surface area contributed by atoms with Crippen molar-refractivity contribution in [2.45, 2.75) is 6.04 Å². The summed E-state index contributed by atoms with van der Waals surface area (Å²) in [7, 11) is 0. The molecule has 1 aromatic carbocycles. The Morgan fingerprint density at radius 3 is 2.42 bits per heavy atom. The summed E-state index contributed by atoms with van der Waals surface area (Å²) in [5.41, 5.74) is 0.948. The lowest BCUT2D eigenvalue weighted by atomic mass is 10.1. The fourth-order valence-electron chi connectivity index (χ4n) is 3.43. The van der Waals surface area contributed by atoms with Gasteiger partial charge in [0.1, 0.15) is 5.82 Å². The summed E-state index contributed by atoms with van der Waals surface area (Å²) in [6.45, 7) is 5.52. The summed E-state index contributed by atoms with van der Waals surface area (Å²) in [6.07, 6.45) is 3.17. The maximum Gasteiger partial charge on any atom is 0.290 e. The van der Waals surface area contributed by atoms with E-state index < -0.39 is 0 Å². The quantitative estimate of drug-likeness (QED) is 0.907. The molecule has 0 aliphatic carbocycles. The maximum atomic E-state index is 13.0. The molecule has 2 aromatic rings. The van der Waals surface area contributed by atoms with E-state index in [0.717, 1.165) is 45.0 Å². The lowest BCUT2D eigenvalue weighted by Crippen LogP contribution is -2.64. The summed E-state index contributed by atoms with van der Waals surface area (Å²) in [5, 5.41) is 0. The first-order valence-electron chi connectivity index (χ1n) is 8.24. The number of halogens is 1. The molecule has 1 N–H and O–H groups in total. The van der Waals surface area contributed by atoms with Gasteiger partial charge in [0.2, 0.25) is 0 Å². The van der Waals surface area contributed by atoms with E-state index in [0.29, 0.717) is 11.9 Å². The number of rotatable bonds is 3. The normalized spacial score (nSPS) is 19.4. The first-order chi connectivity index (χ1) is 11.7. The van der Waals surface area contributed by atoms with Crippen LogP contribution >= 0.6 is 0 Å². The molecule has 2 aliphatic rings. The number of anilines is 2. The molecular formula is C17H20FN5O. The molecular weight excluding hydrogens is 309 g/mol. The van der Waals surface area contributed by atoms with Crippen LogP contribution in [0.25, 0.3) is 0 Å². The molecule has 0 amide bonds. The van der Waals surface area contributed by atoms with Gasteiger partial charge in [0.05, 0.1) is 0 Å². The third kappa shape index (κ3) is 2.87. The minimum atomic E-state index is -0.198. The van der Waals surface area contributed by atoms with Gasteiger partial charge in [0, 0.05) is 63.4 Å². The third-order valence-electron chi connectivity index (χ3n) is 4.87. The van der Waals surface area contributed by atoms with Crippen LogP contribution in [0, 0.1) is 5.82 Å². The summed E-state index contributed by atoms with van der Waals surface area (Å²) in [6, 6.07) is 7.17. The maximum absolute atomic E-state index is 13.0.